The van der Waals surface area contributed by atoms with Gasteiger partial charge >= 0.3 is 0 Å². The zero-order chi connectivity index (χ0) is 7.56. The number of likely N-dealkylation sites (N-methyl/N-ethyl adjacent to an activating group) is 1. The quantitative estimate of drug-likeness (QED) is 0.508. The molecule has 10 heavy (non-hydrogen) atoms. The molecule has 1 aliphatic heterocycles. The van der Waals surface area contributed by atoms with Crippen molar-refractivity contribution in [3.05, 3.63) is 23.9 Å². The SMILES string of the molecule is CC1=CN(C)C(O)C=CC1. The number of aliphatic hydroxyl groups is 1. The Bertz CT molecular complexity index is 172. The van der Waals surface area contributed by atoms with Crippen molar-refractivity contribution in [2.45, 2.75) is 19.6 Å². The van der Waals surface area contributed by atoms with E-state index in [-0.39, 0.29) is 0 Å². The van der Waals surface area contributed by atoms with E-state index in [0.29, 0.717) is 0 Å². The molecule has 0 saturated heterocycles. The largest absolute Gasteiger partial charge is 0.370 e. The fourth-order valence-electron chi connectivity index (χ4n) is 0.988. The van der Waals surface area contributed by atoms with Crippen LogP contribution in [0.25, 0.3) is 0 Å². The number of nitrogens with zero attached hydrogens (tertiary/aromatic N) is 1. The summed E-state index contributed by atoms with van der Waals surface area (Å²) in [6.45, 7) is 2.05. The van der Waals surface area contributed by atoms with Gasteiger partial charge in [0.15, 0.2) is 0 Å². The number of aliphatic hydroxyl groups excluding tert-OH is 1. The molecule has 0 bridgehead atoms. The summed E-state index contributed by atoms with van der Waals surface area (Å²) < 4.78 is 0. The van der Waals surface area contributed by atoms with Gasteiger partial charge in [-0.05, 0) is 19.4 Å². The molecule has 1 rings (SSSR count). The van der Waals surface area contributed by atoms with Crippen LogP contribution in [0.4, 0.5) is 0 Å². The molecule has 1 atom stereocenters. The van der Waals surface area contributed by atoms with E-state index >= 15 is 0 Å². The Morgan fingerprint density at radius 1 is 1.70 bits per heavy atom. The molecule has 0 fully saturated rings. The molecule has 56 valence electrons. The van der Waals surface area contributed by atoms with E-state index in [2.05, 4.69) is 6.92 Å². The lowest BCUT2D eigenvalue weighted by atomic mass is 10.2. The Labute approximate surface area is 61.5 Å². The Balaban J connectivity index is 2.72. The van der Waals surface area contributed by atoms with Gasteiger partial charge in [0.05, 0.1) is 0 Å². The minimum Gasteiger partial charge on any atom is -0.370 e. The smallest absolute Gasteiger partial charge is 0.145 e. The molecular weight excluding hydrogens is 126 g/mol. The van der Waals surface area contributed by atoms with E-state index in [1.807, 2.05) is 19.3 Å². The maximum Gasteiger partial charge on any atom is 0.145 e. The summed E-state index contributed by atoms with van der Waals surface area (Å²) in [6, 6.07) is 0. The average molecular weight is 139 g/mol. The van der Waals surface area contributed by atoms with Crippen molar-refractivity contribution in [2.75, 3.05) is 7.05 Å². The summed E-state index contributed by atoms with van der Waals surface area (Å²) in [5, 5.41) is 9.27. The third-order valence-electron chi connectivity index (χ3n) is 1.59. The number of hydrogen-bond acceptors (Lipinski definition) is 2. The van der Waals surface area contributed by atoms with E-state index in [0.717, 1.165) is 6.42 Å². The van der Waals surface area contributed by atoms with Crippen LogP contribution in [0.2, 0.25) is 0 Å². The minimum atomic E-state index is -0.447. The fourth-order valence-corrected chi connectivity index (χ4v) is 0.988. The van der Waals surface area contributed by atoms with Crippen LogP contribution in [-0.2, 0) is 0 Å². The van der Waals surface area contributed by atoms with Gasteiger partial charge in [-0.25, -0.2) is 0 Å². The Hall–Kier alpha value is -0.760. The summed E-state index contributed by atoms with van der Waals surface area (Å²) >= 11 is 0. The van der Waals surface area contributed by atoms with Crippen molar-refractivity contribution in [2.24, 2.45) is 0 Å². The van der Waals surface area contributed by atoms with E-state index in [9.17, 15) is 5.11 Å². The summed E-state index contributed by atoms with van der Waals surface area (Å²) in [5.41, 5.74) is 1.27. The van der Waals surface area contributed by atoms with Crippen molar-refractivity contribution in [3.8, 4) is 0 Å². The van der Waals surface area contributed by atoms with Crippen LogP contribution in [0.5, 0.6) is 0 Å². The Kier molecular flexibility index (Phi) is 2.12. The number of allylic oxidation sites excluding steroid dienone is 2. The molecule has 0 aliphatic carbocycles. The second kappa shape index (κ2) is 2.88. The summed E-state index contributed by atoms with van der Waals surface area (Å²) in [6.07, 6.45) is 6.25. The lowest BCUT2D eigenvalue weighted by molar-refractivity contribution is 0.0995. The predicted molar refractivity (Wildman–Crippen MR) is 41.3 cm³/mol. The molecule has 0 radical (unpaired) electrons. The van der Waals surface area contributed by atoms with Crippen LogP contribution in [0.15, 0.2) is 23.9 Å². The third kappa shape index (κ3) is 1.61. The monoisotopic (exact) mass is 139 g/mol. The fraction of sp³-hybridized carbons (Fsp3) is 0.500. The van der Waals surface area contributed by atoms with Gasteiger partial charge in [0.25, 0.3) is 0 Å². The molecular formula is C8H13NO. The van der Waals surface area contributed by atoms with Crippen molar-refractivity contribution >= 4 is 0 Å². The number of hydrogen-bond donors (Lipinski definition) is 1. The van der Waals surface area contributed by atoms with Gasteiger partial charge in [0, 0.05) is 13.2 Å². The Morgan fingerprint density at radius 3 is 3.10 bits per heavy atom. The standard InChI is InChI=1S/C8H13NO/c1-7-4-3-5-8(10)9(2)6-7/h3,5-6,8,10H,4H2,1-2H3. The zero-order valence-electron chi connectivity index (χ0n) is 6.41. The molecule has 0 amide bonds. The third-order valence-corrected chi connectivity index (χ3v) is 1.59. The van der Waals surface area contributed by atoms with Crippen LogP contribution in [-0.4, -0.2) is 23.3 Å². The van der Waals surface area contributed by atoms with Gasteiger partial charge in [-0.3, -0.25) is 0 Å². The molecule has 0 aromatic heterocycles. The second-order valence-corrected chi connectivity index (χ2v) is 2.69. The highest BCUT2D eigenvalue weighted by Crippen LogP contribution is 2.09. The Morgan fingerprint density at radius 2 is 2.40 bits per heavy atom. The summed E-state index contributed by atoms with van der Waals surface area (Å²) in [5.74, 6) is 0. The molecule has 0 spiro atoms. The van der Waals surface area contributed by atoms with Gasteiger partial charge in [-0.2, -0.15) is 0 Å². The topological polar surface area (TPSA) is 23.5 Å². The minimum absolute atomic E-state index is 0.447. The summed E-state index contributed by atoms with van der Waals surface area (Å²) in [7, 11) is 1.86. The molecule has 0 aromatic carbocycles. The maximum absolute atomic E-state index is 9.27. The van der Waals surface area contributed by atoms with Crippen LogP contribution >= 0.6 is 0 Å². The molecule has 0 aromatic rings. The predicted octanol–water partition coefficient (Wildman–Crippen LogP) is 1.10. The van der Waals surface area contributed by atoms with E-state index in [4.69, 9.17) is 0 Å². The zero-order valence-corrected chi connectivity index (χ0v) is 6.41. The average Bonchev–Trinajstić information content (AvgIpc) is 1.96. The second-order valence-electron chi connectivity index (χ2n) is 2.69. The van der Waals surface area contributed by atoms with E-state index in [1.165, 1.54) is 5.57 Å². The van der Waals surface area contributed by atoms with Gasteiger partial charge < -0.3 is 10.0 Å². The van der Waals surface area contributed by atoms with E-state index < -0.39 is 6.23 Å². The van der Waals surface area contributed by atoms with Crippen molar-refractivity contribution in [1.29, 1.82) is 0 Å². The highest BCUT2D eigenvalue weighted by Gasteiger charge is 2.05. The van der Waals surface area contributed by atoms with Gasteiger partial charge in [0.1, 0.15) is 6.23 Å². The molecule has 2 nitrogen and oxygen atoms in total. The lowest BCUT2D eigenvalue weighted by Gasteiger charge is -2.17. The van der Waals surface area contributed by atoms with Crippen LogP contribution < -0.4 is 0 Å². The molecule has 1 N–H and O–H groups in total. The first-order valence-electron chi connectivity index (χ1n) is 3.44. The normalized spacial score (nSPS) is 26.1. The molecule has 2 heteroatoms. The van der Waals surface area contributed by atoms with Crippen molar-refractivity contribution in [1.82, 2.24) is 4.90 Å². The van der Waals surface area contributed by atoms with E-state index in [1.54, 1.807) is 11.0 Å². The molecule has 0 saturated carbocycles. The highest BCUT2D eigenvalue weighted by molar-refractivity contribution is 5.09. The lowest BCUT2D eigenvalue weighted by Crippen LogP contribution is -2.23. The first-order chi connectivity index (χ1) is 4.70. The molecule has 1 unspecified atom stereocenters. The summed E-state index contributed by atoms with van der Waals surface area (Å²) in [4.78, 5) is 1.79. The first kappa shape index (κ1) is 7.35. The van der Waals surface area contributed by atoms with Crippen LogP contribution in [0.1, 0.15) is 13.3 Å². The van der Waals surface area contributed by atoms with Crippen LogP contribution in [0, 0.1) is 0 Å². The highest BCUT2D eigenvalue weighted by atomic mass is 16.3. The van der Waals surface area contributed by atoms with Gasteiger partial charge in [-0.15, -0.1) is 0 Å². The van der Waals surface area contributed by atoms with Gasteiger partial charge in [-0.1, -0.05) is 11.6 Å². The maximum atomic E-state index is 9.27. The van der Waals surface area contributed by atoms with Crippen molar-refractivity contribution < 1.29 is 5.11 Å². The van der Waals surface area contributed by atoms with Gasteiger partial charge in [0.2, 0.25) is 0 Å². The first-order valence-corrected chi connectivity index (χ1v) is 3.44. The van der Waals surface area contributed by atoms with Crippen LogP contribution in [0.3, 0.4) is 0 Å². The number of rotatable bonds is 0. The van der Waals surface area contributed by atoms with Crippen molar-refractivity contribution in [3.63, 3.8) is 0 Å². The molecule has 1 aliphatic rings. The molecule has 1 heterocycles.